The summed E-state index contributed by atoms with van der Waals surface area (Å²) in [5.41, 5.74) is 17.4. The zero-order valence-electron chi connectivity index (χ0n) is 43.6. The van der Waals surface area contributed by atoms with Crippen molar-refractivity contribution in [3.63, 3.8) is 0 Å². The first-order valence-electron chi connectivity index (χ1n) is 27.6. The molecule has 2 aromatic heterocycles. The second kappa shape index (κ2) is 16.1. The third-order valence-electron chi connectivity index (χ3n) is 20.2. The molecule has 0 radical (unpaired) electrons. The van der Waals surface area contributed by atoms with Crippen LogP contribution in [-0.4, -0.2) is 21.0 Å². The van der Waals surface area contributed by atoms with Crippen LogP contribution in [0.25, 0.3) is 54.9 Å². The number of anilines is 4. The Morgan fingerprint density at radius 3 is 1.17 bits per heavy atom. The molecular weight excluding hydrogens is 909 g/mol. The number of aromatic nitrogens is 2. The van der Waals surface area contributed by atoms with Crippen molar-refractivity contribution < 1.29 is 0 Å². The fraction of sp³-hybridized carbons (Fsp3) is 0.239. The Labute approximate surface area is 441 Å². The molecule has 0 N–H and O–H groups in total. The summed E-state index contributed by atoms with van der Waals surface area (Å²) in [6.07, 6.45) is 13.4. The zero-order chi connectivity index (χ0) is 50.3. The van der Waals surface area contributed by atoms with E-state index in [2.05, 4.69) is 232 Å². The van der Waals surface area contributed by atoms with Gasteiger partial charge in [0.15, 0.2) is 0 Å². The topological polar surface area (TPSA) is 32.3 Å². The summed E-state index contributed by atoms with van der Waals surface area (Å²) >= 11 is 0. The second-order valence-electron chi connectivity index (χ2n) is 23.5. The summed E-state index contributed by atoms with van der Waals surface area (Å²) in [6.45, 7) is 10.1. The first-order chi connectivity index (χ1) is 36.7. The van der Waals surface area contributed by atoms with E-state index in [-0.39, 0.29) is 21.9 Å². The Morgan fingerprint density at radius 2 is 0.733 bits per heavy atom. The van der Waals surface area contributed by atoms with Crippen LogP contribution in [0.2, 0.25) is 0 Å². The Hall–Kier alpha value is -7.82. The predicted octanol–water partition coefficient (Wildman–Crippen LogP) is 18.0. The molecule has 15 rings (SSSR count). The van der Waals surface area contributed by atoms with Crippen LogP contribution < -0.4 is 9.80 Å². The van der Waals surface area contributed by atoms with Gasteiger partial charge in [0.1, 0.15) is 11.6 Å². The number of nitrogens with zero attached hydrogens (tertiary/aromatic N) is 4. The molecule has 4 atom stereocenters. The van der Waals surface area contributed by atoms with Gasteiger partial charge in [-0.2, -0.15) is 0 Å². The molecule has 366 valence electrons. The molecule has 4 heterocycles. The summed E-state index contributed by atoms with van der Waals surface area (Å²) in [4.78, 5) is 15.6. The van der Waals surface area contributed by atoms with Crippen molar-refractivity contribution >= 4 is 44.6 Å². The minimum Gasteiger partial charge on any atom is -0.319 e. The highest BCUT2D eigenvalue weighted by Gasteiger charge is 2.60. The molecule has 0 saturated heterocycles. The summed E-state index contributed by atoms with van der Waals surface area (Å²) in [5.74, 6) is 2.14. The molecule has 4 unspecified atom stereocenters. The molecule has 2 saturated carbocycles. The van der Waals surface area contributed by atoms with Crippen LogP contribution >= 0.6 is 0 Å². The van der Waals surface area contributed by atoms with Gasteiger partial charge in [-0.25, -0.2) is 9.97 Å². The minimum absolute atomic E-state index is 0.0495. The Kier molecular flexibility index (Phi) is 9.58. The fourth-order valence-corrected chi connectivity index (χ4v) is 15.9. The maximum atomic E-state index is 5.18. The zero-order valence-corrected chi connectivity index (χ0v) is 43.6. The van der Waals surface area contributed by atoms with Gasteiger partial charge in [-0.15, -0.1) is 0 Å². The lowest BCUT2D eigenvalue weighted by Crippen LogP contribution is -2.54. The SMILES string of the molecule is CC12CCCCC1(C)N(c1nccc3ccccc13)c1ccc(-c3ccc4c(c3)C(c3ccccc3)(c3ccccc3)c3cc(-c5ccc6c(c5)C5(C)CCCCC5(C)N6c5nccc6ccccc56)ccc3-4)cc12. The fourth-order valence-electron chi connectivity index (χ4n) is 15.9. The van der Waals surface area contributed by atoms with Crippen molar-refractivity contribution in [3.05, 3.63) is 240 Å². The number of pyridine rings is 2. The van der Waals surface area contributed by atoms with Gasteiger partial charge in [-0.3, -0.25) is 0 Å². The second-order valence-corrected chi connectivity index (χ2v) is 23.5. The maximum absolute atomic E-state index is 5.18. The molecule has 0 spiro atoms. The first kappa shape index (κ1) is 44.6. The third-order valence-corrected chi connectivity index (χ3v) is 20.2. The molecule has 75 heavy (non-hydrogen) atoms. The van der Waals surface area contributed by atoms with Crippen LogP contribution in [-0.2, 0) is 16.2 Å². The number of benzene rings is 8. The van der Waals surface area contributed by atoms with E-state index in [1.54, 1.807) is 0 Å². The van der Waals surface area contributed by atoms with Gasteiger partial charge in [-0.05, 0) is 166 Å². The van der Waals surface area contributed by atoms with Crippen LogP contribution in [0.1, 0.15) is 112 Å². The summed E-state index contributed by atoms with van der Waals surface area (Å²) < 4.78 is 0. The smallest absolute Gasteiger partial charge is 0.141 e. The van der Waals surface area contributed by atoms with Crippen LogP contribution in [0.5, 0.6) is 0 Å². The number of hydrogen-bond acceptors (Lipinski definition) is 4. The van der Waals surface area contributed by atoms with E-state index < -0.39 is 5.41 Å². The lowest BCUT2D eigenvalue weighted by atomic mass is 9.61. The van der Waals surface area contributed by atoms with E-state index in [1.807, 2.05) is 12.4 Å². The molecule has 10 aromatic rings. The van der Waals surface area contributed by atoms with Crippen molar-refractivity contribution in [2.24, 2.45) is 0 Å². The van der Waals surface area contributed by atoms with Crippen LogP contribution in [0.4, 0.5) is 23.0 Å². The van der Waals surface area contributed by atoms with E-state index >= 15 is 0 Å². The van der Waals surface area contributed by atoms with Crippen molar-refractivity contribution in [1.29, 1.82) is 0 Å². The summed E-state index contributed by atoms with van der Waals surface area (Å²) in [5, 5.41) is 4.89. The van der Waals surface area contributed by atoms with Crippen molar-refractivity contribution in [1.82, 2.24) is 9.97 Å². The Morgan fingerprint density at radius 1 is 0.360 bits per heavy atom. The van der Waals surface area contributed by atoms with E-state index in [1.165, 1.54) is 125 Å². The van der Waals surface area contributed by atoms with Gasteiger partial charge >= 0.3 is 0 Å². The molecule has 5 aliphatic rings. The van der Waals surface area contributed by atoms with Crippen molar-refractivity contribution in [2.75, 3.05) is 9.80 Å². The first-order valence-corrected chi connectivity index (χ1v) is 27.6. The highest BCUT2D eigenvalue weighted by Crippen LogP contribution is 2.64. The molecular formula is C71H62N4. The van der Waals surface area contributed by atoms with E-state index in [4.69, 9.17) is 9.97 Å². The van der Waals surface area contributed by atoms with Gasteiger partial charge < -0.3 is 9.80 Å². The minimum atomic E-state index is -0.567. The monoisotopic (exact) mass is 970 g/mol. The van der Waals surface area contributed by atoms with Gasteiger partial charge in [0.05, 0.1) is 16.5 Å². The lowest BCUT2D eigenvalue weighted by Gasteiger charge is -2.50. The van der Waals surface area contributed by atoms with Crippen molar-refractivity contribution in [2.45, 2.75) is 106 Å². The molecule has 8 aromatic carbocycles. The van der Waals surface area contributed by atoms with E-state index in [9.17, 15) is 0 Å². The average Bonchev–Trinajstić information content (AvgIpc) is 4.16. The maximum Gasteiger partial charge on any atom is 0.141 e. The third kappa shape index (κ3) is 5.94. The van der Waals surface area contributed by atoms with E-state index in [0.717, 1.165) is 37.3 Å². The number of hydrogen-bond donors (Lipinski definition) is 0. The molecule has 4 heteroatoms. The summed E-state index contributed by atoms with van der Waals surface area (Å²) in [7, 11) is 0. The molecule has 4 nitrogen and oxygen atoms in total. The Balaban J connectivity index is 0.896. The highest BCUT2D eigenvalue weighted by molar-refractivity contribution is 5.98. The lowest BCUT2D eigenvalue weighted by molar-refractivity contribution is 0.194. The summed E-state index contributed by atoms with van der Waals surface area (Å²) in [6, 6.07) is 74.0. The molecule has 2 fully saturated rings. The number of fused-ring (bicyclic) bond motifs is 11. The molecule has 0 bridgehead atoms. The van der Waals surface area contributed by atoms with E-state index in [0.29, 0.717) is 0 Å². The van der Waals surface area contributed by atoms with Crippen LogP contribution in [0.3, 0.4) is 0 Å². The average molecular weight is 971 g/mol. The largest absolute Gasteiger partial charge is 0.319 e. The van der Waals surface area contributed by atoms with Crippen molar-refractivity contribution in [3.8, 4) is 33.4 Å². The number of rotatable bonds is 6. The standard InChI is InChI=1S/C71H62N4/c1-67-37-15-17-39-69(67,3)74(65-55-25-13-11-19-47(55)35-41-72-65)63-33-29-51(45-61(63)67)49-27-31-57-58-32-28-50(44-60(58)71(59(57)43-49,53-21-7-5-8-22-53)54-23-9-6-10-24-54)52-30-34-64-62(46-52)68(2)38-16-18-40-70(68,4)75(64)66-56-26-14-12-20-48(56)36-42-73-66/h5-14,19-36,41-46H,15-18,37-40H2,1-4H3. The van der Waals surface area contributed by atoms with Crippen LogP contribution in [0, 0.1) is 0 Å². The highest BCUT2D eigenvalue weighted by atomic mass is 15.3. The molecule has 0 amide bonds. The van der Waals surface area contributed by atoms with Gasteiger partial charge in [0.25, 0.3) is 0 Å². The Bertz CT molecular complexity index is 3690. The predicted molar refractivity (Wildman–Crippen MR) is 311 cm³/mol. The van der Waals surface area contributed by atoms with Gasteiger partial charge in [-0.1, -0.05) is 185 Å². The normalized spacial score (nSPS) is 23.8. The van der Waals surface area contributed by atoms with Crippen LogP contribution in [0.15, 0.2) is 207 Å². The quantitative estimate of drug-likeness (QED) is 0.166. The van der Waals surface area contributed by atoms with Gasteiger partial charge in [0, 0.05) is 45.4 Å². The molecule has 2 aliphatic heterocycles. The molecule has 3 aliphatic carbocycles. The van der Waals surface area contributed by atoms with Gasteiger partial charge in [0.2, 0.25) is 0 Å².